The Bertz CT molecular complexity index is 1440. The third kappa shape index (κ3) is 7.15. The van der Waals surface area contributed by atoms with E-state index in [0.29, 0.717) is 25.6 Å². The summed E-state index contributed by atoms with van der Waals surface area (Å²) in [6.07, 6.45) is -0.371. The van der Waals surface area contributed by atoms with Crippen LogP contribution in [0.3, 0.4) is 0 Å². The molecule has 6 heteroatoms. The van der Waals surface area contributed by atoms with Crippen molar-refractivity contribution in [3.63, 3.8) is 0 Å². The summed E-state index contributed by atoms with van der Waals surface area (Å²) in [4.78, 5) is 14.0. The largest absolute Gasteiger partial charge is 0.489 e. The van der Waals surface area contributed by atoms with Gasteiger partial charge in [0.05, 0.1) is 19.3 Å². The summed E-state index contributed by atoms with van der Waals surface area (Å²) in [6.45, 7) is 7.45. The Morgan fingerprint density at radius 1 is 0.829 bits per heavy atom. The number of hydrogen-bond acceptors (Lipinski definition) is 4. The van der Waals surface area contributed by atoms with E-state index in [0.717, 1.165) is 34.2 Å². The molecule has 1 fully saturated rings. The minimum atomic E-state index is -0.970. The van der Waals surface area contributed by atoms with Gasteiger partial charge in [-0.1, -0.05) is 84.9 Å². The van der Waals surface area contributed by atoms with Crippen LogP contribution in [0, 0.1) is 0 Å². The maximum absolute atomic E-state index is 12.5. The zero-order valence-electron chi connectivity index (χ0n) is 23.8. The average molecular weight is 552 g/mol. The molecule has 1 saturated heterocycles. The van der Waals surface area contributed by atoms with Crippen molar-refractivity contribution in [1.82, 2.24) is 4.90 Å². The minimum absolute atomic E-state index is 0.150. The fraction of sp³-hybridized carbons (Fsp3) is 0.286. The summed E-state index contributed by atoms with van der Waals surface area (Å²) in [6, 6.07) is 33.8. The maximum atomic E-state index is 12.5. The van der Waals surface area contributed by atoms with E-state index in [1.54, 1.807) is 0 Å². The summed E-state index contributed by atoms with van der Waals surface area (Å²) in [5.41, 5.74) is 5.63. The van der Waals surface area contributed by atoms with Gasteiger partial charge in [0, 0.05) is 12.0 Å². The first-order valence-corrected chi connectivity index (χ1v) is 14.0. The van der Waals surface area contributed by atoms with Crippen molar-refractivity contribution in [2.24, 2.45) is 0 Å². The van der Waals surface area contributed by atoms with Crippen molar-refractivity contribution in [2.75, 3.05) is 13.2 Å². The number of nitrogens with zero attached hydrogens (tertiary/aromatic N) is 1. The Kier molecular flexibility index (Phi) is 8.72. The van der Waals surface area contributed by atoms with E-state index < -0.39 is 17.7 Å². The van der Waals surface area contributed by atoms with Gasteiger partial charge >= 0.3 is 6.09 Å². The molecule has 0 radical (unpaired) electrons. The molecule has 4 aromatic carbocycles. The number of ether oxygens (including phenoxy) is 3. The molecule has 1 aliphatic heterocycles. The van der Waals surface area contributed by atoms with Gasteiger partial charge in [-0.25, -0.2) is 4.79 Å². The smallest absolute Gasteiger partial charge is 0.408 e. The van der Waals surface area contributed by atoms with Gasteiger partial charge < -0.3 is 19.3 Å². The summed E-state index contributed by atoms with van der Waals surface area (Å²) in [7, 11) is 0. The molecule has 4 aromatic rings. The van der Waals surface area contributed by atoms with Gasteiger partial charge in [-0.3, -0.25) is 4.90 Å². The second kappa shape index (κ2) is 12.6. The second-order valence-electron chi connectivity index (χ2n) is 11.3. The summed E-state index contributed by atoms with van der Waals surface area (Å²) >= 11 is 0. The molecule has 212 valence electrons. The fourth-order valence-electron chi connectivity index (χ4n) is 5.24. The fourth-order valence-corrected chi connectivity index (χ4v) is 5.24. The van der Waals surface area contributed by atoms with Crippen LogP contribution < -0.4 is 4.74 Å². The lowest BCUT2D eigenvalue weighted by atomic mass is 9.92. The molecule has 0 spiro atoms. The SMILES string of the molecule is CC(C)(C)N(C(=O)O)C(c1ccccc1)c1cccc(OCc2cccc(-c3ccc(CC4OCCO4)cc3)c2)c1. The lowest BCUT2D eigenvalue weighted by Crippen LogP contribution is -2.47. The van der Waals surface area contributed by atoms with E-state index in [1.807, 2.05) is 81.4 Å². The molecule has 1 aliphatic rings. The van der Waals surface area contributed by atoms with Crippen molar-refractivity contribution in [3.8, 4) is 16.9 Å². The first-order valence-electron chi connectivity index (χ1n) is 14.0. The lowest BCUT2D eigenvalue weighted by molar-refractivity contribution is -0.0399. The number of benzene rings is 4. The van der Waals surface area contributed by atoms with E-state index >= 15 is 0 Å². The van der Waals surface area contributed by atoms with Crippen LogP contribution in [-0.2, 0) is 22.5 Å². The van der Waals surface area contributed by atoms with E-state index in [1.165, 1.54) is 10.5 Å². The Balaban J connectivity index is 1.32. The lowest BCUT2D eigenvalue weighted by Gasteiger charge is -2.40. The van der Waals surface area contributed by atoms with Crippen molar-refractivity contribution >= 4 is 6.09 Å². The predicted octanol–water partition coefficient (Wildman–Crippen LogP) is 7.72. The summed E-state index contributed by atoms with van der Waals surface area (Å²) in [5.74, 6) is 0.689. The van der Waals surface area contributed by atoms with Crippen LogP contribution in [0.5, 0.6) is 5.75 Å². The van der Waals surface area contributed by atoms with Gasteiger partial charge in [0.2, 0.25) is 0 Å². The Labute approximate surface area is 242 Å². The molecule has 1 atom stereocenters. The van der Waals surface area contributed by atoms with Crippen LogP contribution in [0.25, 0.3) is 11.1 Å². The molecule has 0 bridgehead atoms. The van der Waals surface area contributed by atoms with Crippen molar-refractivity contribution in [2.45, 2.75) is 51.7 Å². The highest BCUT2D eigenvalue weighted by atomic mass is 16.7. The topological polar surface area (TPSA) is 68.2 Å². The molecule has 5 rings (SSSR count). The third-order valence-corrected chi connectivity index (χ3v) is 7.19. The molecule has 0 aliphatic carbocycles. The van der Waals surface area contributed by atoms with Crippen LogP contribution in [-0.4, -0.2) is 41.1 Å². The zero-order valence-corrected chi connectivity index (χ0v) is 23.8. The molecule has 1 N–H and O–H groups in total. The first-order chi connectivity index (χ1) is 19.8. The van der Waals surface area contributed by atoms with Gasteiger partial charge in [-0.2, -0.15) is 0 Å². The molecule has 0 aromatic heterocycles. The zero-order chi connectivity index (χ0) is 28.8. The average Bonchev–Trinajstić information content (AvgIpc) is 3.48. The Morgan fingerprint density at radius 2 is 1.51 bits per heavy atom. The first kappa shape index (κ1) is 28.4. The molecule has 41 heavy (non-hydrogen) atoms. The van der Waals surface area contributed by atoms with Gasteiger partial charge in [-0.15, -0.1) is 0 Å². The number of carbonyl (C=O) groups is 1. The van der Waals surface area contributed by atoms with Gasteiger partial charge in [-0.05, 0) is 72.4 Å². The molecule has 1 heterocycles. The maximum Gasteiger partial charge on any atom is 0.408 e. The van der Waals surface area contributed by atoms with E-state index in [9.17, 15) is 9.90 Å². The van der Waals surface area contributed by atoms with E-state index in [2.05, 4.69) is 42.5 Å². The highest BCUT2D eigenvalue weighted by molar-refractivity contribution is 5.68. The Morgan fingerprint density at radius 3 is 2.20 bits per heavy atom. The number of carboxylic acid groups (broad SMARTS) is 1. The van der Waals surface area contributed by atoms with Crippen molar-refractivity contribution in [3.05, 3.63) is 125 Å². The summed E-state index contributed by atoms with van der Waals surface area (Å²) < 4.78 is 17.4. The van der Waals surface area contributed by atoms with Crippen molar-refractivity contribution in [1.29, 1.82) is 0 Å². The quantitative estimate of drug-likeness (QED) is 0.231. The van der Waals surface area contributed by atoms with E-state index in [-0.39, 0.29) is 6.29 Å². The number of hydrogen-bond donors (Lipinski definition) is 1. The van der Waals surface area contributed by atoms with E-state index in [4.69, 9.17) is 14.2 Å². The molecular formula is C35H37NO5. The standard InChI is InChI=1S/C35H37NO5/c1-35(2,3)36(34(37)38)33(28-10-5-4-6-11-28)30-13-8-14-31(23-30)41-24-26-9-7-12-29(21-26)27-17-15-25(16-18-27)22-32-39-19-20-40-32/h4-18,21,23,32-33H,19-20,22,24H2,1-3H3,(H,37,38). The van der Waals surface area contributed by atoms with Crippen LogP contribution in [0.1, 0.15) is 49.1 Å². The number of amides is 1. The molecule has 6 nitrogen and oxygen atoms in total. The molecule has 1 amide bonds. The van der Waals surface area contributed by atoms with Gasteiger partial charge in [0.1, 0.15) is 12.4 Å². The summed E-state index contributed by atoms with van der Waals surface area (Å²) in [5, 5.41) is 10.2. The van der Waals surface area contributed by atoms with Crippen LogP contribution in [0.15, 0.2) is 103 Å². The molecule has 0 saturated carbocycles. The minimum Gasteiger partial charge on any atom is -0.489 e. The van der Waals surface area contributed by atoms with Gasteiger partial charge in [0.15, 0.2) is 6.29 Å². The third-order valence-electron chi connectivity index (χ3n) is 7.19. The van der Waals surface area contributed by atoms with Crippen LogP contribution >= 0.6 is 0 Å². The van der Waals surface area contributed by atoms with Gasteiger partial charge in [0.25, 0.3) is 0 Å². The highest BCUT2D eigenvalue weighted by Crippen LogP contribution is 2.35. The monoisotopic (exact) mass is 551 g/mol. The van der Waals surface area contributed by atoms with Crippen molar-refractivity contribution < 1.29 is 24.1 Å². The van der Waals surface area contributed by atoms with Crippen LogP contribution in [0.2, 0.25) is 0 Å². The highest BCUT2D eigenvalue weighted by Gasteiger charge is 2.35. The Hall–Kier alpha value is -4.13. The predicted molar refractivity (Wildman–Crippen MR) is 160 cm³/mol. The van der Waals surface area contributed by atoms with Crippen LogP contribution in [0.4, 0.5) is 4.79 Å². The molecule has 1 unspecified atom stereocenters. The normalized spacial score (nSPS) is 14.5. The second-order valence-corrected chi connectivity index (χ2v) is 11.3. The number of rotatable bonds is 9. The molecular weight excluding hydrogens is 514 g/mol.